The molecule has 1 saturated heterocycles. The molecule has 5 rings (SSSR count). The van der Waals surface area contributed by atoms with Gasteiger partial charge in [0.15, 0.2) is 0 Å². The van der Waals surface area contributed by atoms with Crippen LogP contribution in [0.2, 0.25) is 0 Å². The summed E-state index contributed by atoms with van der Waals surface area (Å²) < 4.78 is 20.2. The predicted molar refractivity (Wildman–Crippen MR) is 125 cm³/mol. The number of rotatable bonds is 5. The van der Waals surface area contributed by atoms with Crippen molar-refractivity contribution in [1.82, 2.24) is 9.97 Å². The van der Waals surface area contributed by atoms with Gasteiger partial charge in [-0.25, -0.2) is 9.37 Å². The molecule has 0 radical (unpaired) electrons. The summed E-state index contributed by atoms with van der Waals surface area (Å²) >= 11 is 0. The fourth-order valence-corrected chi connectivity index (χ4v) is 4.71. The molecule has 0 spiro atoms. The van der Waals surface area contributed by atoms with Crippen molar-refractivity contribution in [2.45, 2.75) is 32.4 Å². The number of methoxy groups -OCH3 is 1. The molecule has 4 heterocycles. The third kappa shape index (κ3) is 3.49. The van der Waals surface area contributed by atoms with E-state index in [1.807, 2.05) is 13.0 Å². The topological polar surface area (TPSA) is 102 Å². The quantitative estimate of drug-likeness (QED) is 0.626. The van der Waals surface area contributed by atoms with Gasteiger partial charge in [0.05, 0.1) is 31.0 Å². The van der Waals surface area contributed by atoms with Gasteiger partial charge in [0, 0.05) is 30.3 Å². The Bertz CT molecular complexity index is 1310. The first-order valence-electron chi connectivity index (χ1n) is 11.1. The number of nitrogens with two attached hydrogens (primary N) is 1. The van der Waals surface area contributed by atoms with Gasteiger partial charge in [-0.15, -0.1) is 0 Å². The van der Waals surface area contributed by atoms with Crippen LogP contribution >= 0.6 is 0 Å². The summed E-state index contributed by atoms with van der Waals surface area (Å²) in [6.45, 7) is 2.39. The molecule has 0 unspecified atom stereocenters. The minimum Gasteiger partial charge on any atom is -0.496 e. The molecule has 0 aliphatic carbocycles. The molecule has 0 saturated carbocycles. The molecular formula is C25H24FN5O3. The first-order chi connectivity index (χ1) is 16.4. The Morgan fingerprint density at radius 1 is 1.21 bits per heavy atom. The Kier molecular flexibility index (Phi) is 5.49. The Morgan fingerprint density at radius 3 is 2.76 bits per heavy atom. The van der Waals surface area contributed by atoms with Crippen molar-refractivity contribution in [3.05, 3.63) is 65.1 Å². The summed E-state index contributed by atoms with van der Waals surface area (Å²) in [5.74, 6) is 0.448. The lowest BCUT2D eigenvalue weighted by molar-refractivity contribution is -0.117. The number of amides is 2. The zero-order valence-electron chi connectivity index (χ0n) is 18.9. The van der Waals surface area contributed by atoms with Crippen LogP contribution in [-0.2, 0) is 11.3 Å². The van der Waals surface area contributed by atoms with Crippen LogP contribution in [0, 0.1) is 12.7 Å². The van der Waals surface area contributed by atoms with Gasteiger partial charge in [-0.3, -0.25) is 24.4 Å². The summed E-state index contributed by atoms with van der Waals surface area (Å²) in [5.41, 5.74) is 8.32. The van der Waals surface area contributed by atoms with E-state index in [4.69, 9.17) is 10.5 Å². The van der Waals surface area contributed by atoms with Gasteiger partial charge in [-0.05, 0) is 49.2 Å². The van der Waals surface area contributed by atoms with Gasteiger partial charge < -0.3 is 10.5 Å². The monoisotopic (exact) mass is 461 g/mol. The van der Waals surface area contributed by atoms with Gasteiger partial charge in [0.25, 0.3) is 5.91 Å². The molecule has 2 aromatic heterocycles. The first kappa shape index (κ1) is 22.0. The second kappa shape index (κ2) is 8.49. The van der Waals surface area contributed by atoms with Crippen molar-refractivity contribution in [2.75, 3.05) is 23.5 Å². The van der Waals surface area contributed by atoms with E-state index in [2.05, 4.69) is 9.97 Å². The number of nitrogens with zero attached hydrogens (tertiary/aromatic N) is 4. The Balaban J connectivity index is 1.57. The number of hydrogen-bond donors (Lipinski definition) is 1. The smallest absolute Gasteiger partial charge is 0.260 e. The Hall–Kier alpha value is -3.85. The van der Waals surface area contributed by atoms with Crippen molar-refractivity contribution >= 4 is 23.5 Å². The van der Waals surface area contributed by atoms with Gasteiger partial charge in [0.1, 0.15) is 23.2 Å². The van der Waals surface area contributed by atoms with Crippen molar-refractivity contribution in [3.63, 3.8) is 0 Å². The molecule has 2 N–H and O–H groups in total. The normalized spacial score (nSPS) is 17.5. The maximum absolute atomic E-state index is 14.8. The zero-order chi connectivity index (χ0) is 24.0. The minimum absolute atomic E-state index is 0.0336. The van der Waals surface area contributed by atoms with Crippen molar-refractivity contribution < 1.29 is 18.7 Å². The molecule has 1 fully saturated rings. The lowest BCUT2D eigenvalue weighted by Gasteiger charge is -2.25. The molecule has 2 amide bonds. The van der Waals surface area contributed by atoms with E-state index in [0.717, 1.165) is 5.56 Å². The highest BCUT2D eigenvalue weighted by Gasteiger charge is 2.36. The third-order valence-electron chi connectivity index (χ3n) is 6.34. The van der Waals surface area contributed by atoms with Crippen LogP contribution in [0.25, 0.3) is 11.3 Å². The lowest BCUT2D eigenvalue weighted by Crippen LogP contribution is -2.39. The van der Waals surface area contributed by atoms with Crippen LogP contribution < -0.4 is 20.3 Å². The predicted octanol–water partition coefficient (Wildman–Crippen LogP) is 3.21. The van der Waals surface area contributed by atoms with Crippen LogP contribution in [0.5, 0.6) is 5.75 Å². The summed E-state index contributed by atoms with van der Waals surface area (Å²) in [6.07, 6.45) is 2.58. The average Bonchev–Trinajstić information content (AvgIpc) is 3.38. The van der Waals surface area contributed by atoms with E-state index in [0.29, 0.717) is 53.6 Å². The second-order valence-corrected chi connectivity index (χ2v) is 8.45. The second-order valence-electron chi connectivity index (χ2n) is 8.45. The fraction of sp³-hybridized carbons (Fsp3) is 0.280. The average molecular weight is 461 g/mol. The molecule has 8 nitrogen and oxygen atoms in total. The van der Waals surface area contributed by atoms with E-state index in [-0.39, 0.29) is 30.0 Å². The third-order valence-corrected chi connectivity index (χ3v) is 6.34. The Morgan fingerprint density at radius 2 is 2.00 bits per heavy atom. The minimum atomic E-state index is -0.484. The number of anilines is 2. The number of halogens is 1. The standard InChI is InChI=1S/C25H24FN5O3/c1-14-10-20(29-21(11-14)31-15(12-27)6-7-22(31)32)30-13-17-16(25(30)33)8-9-28-24(17)23-18(26)4-3-5-19(23)34-2/h3-5,8-11,15H,6-7,12-13,27H2,1-2H3/t15-/m0/s1. The fourth-order valence-electron chi connectivity index (χ4n) is 4.71. The van der Waals surface area contributed by atoms with Gasteiger partial charge in [0.2, 0.25) is 5.91 Å². The number of pyridine rings is 2. The van der Waals surface area contributed by atoms with E-state index >= 15 is 0 Å². The van der Waals surface area contributed by atoms with Crippen LogP contribution in [0.4, 0.5) is 16.0 Å². The summed E-state index contributed by atoms with van der Waals surface area (Å²) in [7, 11) is 1.46. The molecule has 3 aromatic rings. The number of aryl methyl sites for hydroxylation is 1. The maximum atomic E-state index is 14.8. The Labute approximate surface area is 196 Å². The molecule has 9 heteroatoms. The molecule has 1 aromatic carbocycles. The first-order valence-corrected chi connectivity index (χ1v) is 11.1. The van der Waals surface area contributed by atoms with E-state index in [1.165, 1.54) is 24.3 Å². The zero-order valence-corrected chi connectivity index (χ0v) is 18.9. The van der Waals surface area contributed by atoms with Gasteiger partial charge >= 0.3 is 0 Å². The SMILES string of the molecule is COc1cccc(F)c1-c1nccc2c1CN(c1cc(C)cc(N3C(=O)CC[C@H]3CN)n1)C2=O. The van der Waals surface area contributed by atoms with Crippen LogP contribution in [-0.4, -0.2) is 41.5 Å². The molecule has 2 aliphatic heterocycles. The van der Waals surface area contributed by atoms with Crippen LogP contribution in [0.3, 0.4) is 0 Å². The molecule has 34 heavy (non-hydrogen) atoms. The largest absolute Gasteiger partial charge is 0.496 e. The summed E-state index contributed by atoms with van der Waals surface area (Å²) in [6, 6.07) is 9.67. The summed E-state index contributed by atoms with van der Waals surface area (Å²) in [4.78, 5) is 38.1. The molecule has 0 bridgehead atoms. The maximum Gasteiger partial charge on any atom is 0.260 e. The number of ether oxygens (including phenoxy) is 1. The number of hydrogen-bond acceptors (Lipinski definition) is 6. The van der Waals surface area contributed by atoms with E-state index < -0.39 is 5.82 Å². The van der Waals surface area contributed by atoms with E-state index in [1.54, 1.807) is 29.2 Å². The van der Waals surface area contributed by atoms with Gasteiger partial charge in [-0.1, -0.05) is 6.07 Å². The highest BCUT2D eigenvalue weighted by molar-refractivity contribution is 6.11. The number of carbonyl (C=O) groups is 2. The molecule has 174 valence electrons. The number of carbonyl (C=O) groups excluding carboxylic acids is 2. The molecule has 2 aliphatic rings. The molecule has 1 atom stereocenters. The van der Waals surface area contributed by atoms with Crippen LogP contribution in [0.15, 0.2) is 42.6 Å². The van der Waals surface area contributed by atoms with Crippen LogP contribution in [0.1, 0.15) is 34.3 Å². The van der Waals surface area contributed by atoms with Crippen molar-refractivity contribution in [2.24, 2.45) is 5.73 Å². The summed E-state index contributed by atoms with van der Waals surface area (Å²) in [5, 5.41) is 0. The van der Waals surface area contributed by atoms with Crippen molar-refractivity contribution in [3.8, 4) is 17.0 Å². The number of aromatic nitrogens is 2. The highest BCUT2D eigenvalue weighted by Crippen LogP contribution is 2.39. The number of fused-ring (bicyclic) bond motifs is 1. The lowest BCUT2D eigenvalue weighted by atomic mass is 10.0. The van der Waals surface area contributed by atoms with E-state index in [9.17, 15) is 14.0 Å². The highest BCUT2D eigenvalue weighted by atomic mass is 19.1. The number of benzene rings is 1. The molecular weight excluding hydrogens is 437 g/mol. The van der Waals surface area contributed by atoms with Gasteiger partial charge in [-0.2, -0.15) is 0 Å². The van der Waals surface area contributed by atoms with Crippen molar-refractivity contribution in [1.29, 1.82) is 0 Å².